The van der Waals surface area contributed by atoms with Gasteiger partial charge in [-0.05, 0) is 42.6 Å². The molecule has 1 atom stereocenters. The number of thiophene rings is 1. The van der Waals surface area contributed by atoms with Crippen LogP contribution in [0.1, 0.15) is 11.8 Å². The molecule has 1 N–H and O–H groups in total. The average molecular weight is 310 g/mol. The lowest BCUT2D eigenvalue weighted by Gasteiger charge is -2.13. The minimum atomic E-state index is -0.121. The molecule has 106 valence electrons. The molecular formula is C15H16ClNO2S. The van der Waals surface area contributed by atoms with Gasteiger partial charge in [-0.15, -0.1) is 11.3 Å². The fraction of sp³-hybridized carbons (Fsp3) is 0.267. The second-order valence-electron chi connectivity index (χ2n) is 4.49. The molecule has 2 rings (SSSR count). The maximum absolute atomic E-state index is 11.8. The Bertz CT molecular complexity index is 540. The fourth-order valence-corrected chi connectivity index (χ4v) is 2.74. The summed E-state index contributed by atoms with van der Waals surface area (Å²) >= 11 is 7.47. The Morgan fingerprint density at radius 2 is 2.10 bits per heavy atom. The number of ether oxygens (including phenoxy) is 1. The molecule has 0 unspecified atom stereocenters. The molecule has 0 spiro atoms. The highest BCUT2D eigenvalue weighted by molar-refractivity contribution is 7.09. The van der Waals surface area contributed by atoms with Gasteiger partial charge >= 0.3 is 0 Å². The minimum Gasteiger partial charge on any atom is -0.484 e. The van der Waals surface area contributed by atoms with Gasteiger partial charge in [-0.25, -0.2) is 0 Å². The molecule has 0 aliphatic carbocycles. The molecule has 0 aliphatic heterocycles. The number of carbonyl (C=O) groups excluding carboxylic acids is 1. The van der Waals surface area contributed by atoms with Crippen molar-refractivity contribution >= 4 is 28.8 Å². The van der Waals surface area contributed by atoms with E-state index >= 15 is 0 Å². The molecular weight excluding hydrogens is 294 g/mol. The van der Waals surface area contributed by atoms with Crippen LogP contribution < -0.4 is 10.1 Å². The van der Waals surface area contributed by atoms with Crippen molar-refractivity contribution in [2.75, 3.05) is 6.61 Å². The molecule has 0 aliphatic rings. The lowest BCUT2D eigenvalue weighted by atomic mass is 10.2. The SMILES string of the molecule is C[C@@H](Cc1cccs1)NC(=O)COc1ccc(Cl)cc1. The molecule has 0 bridgehead atoms. The zero-order valence-electron chi connectivity index (χ0n) is 11.1. The Hall–Kier alpha value is -1.52. The van der Waals surface area contributed by atoms with Crippen LogP contribution in [-0.4, -0.2) is 18.6 Å². The van der Waals surface area contributed by atoms with Gasteiger partial charge in [-0.1, -0.05) is 17.7 Å². The number of nitrogens with one attached hydrogen (secondary N) is 1. The van der Waals surface area contributed by atoms with Crippen molar-refractivity contribution in [3.63, 3.8) is 0 Å². The van der Waals surface area contributed by atoms with E-state index in [1.807, 2.05) is 18.4 Å². The summed E-state index contributed by atoms with van der Waals surface area (Å²) in [7, 11) is 0. The third kappa shape index (κ3) is 4.87. The summed E-state index contributed by atoms with van der Waals surface area (Å²) in [6, 6.07) is 11.1. The third-order valence-electron chi connectivity index (χ3n) is 2.68. The Balaban J connectivity index is 1.73. The van der Waals surface area contributed by atoms with Gasteiger partial charge in [0.25, 0.3) is 5.91 Å². The molecule has 1 aromatic heterocycles. The van der Waals surface area contributed by atoms with Crippen LogP contribution in [0.5, 0.6) is 5.75 Å². The van der Waals surface area contributed by atoms with E-state index in [2.05, 4.69) is 11.4 Å². The number of hydrogen-bond donors (Lipinski definition) is 1. The number of amides is 1. The normalized spacial score (nSPS) is 11.9. The van der Waals surface area contributed by atoms with Crippen molar-refractivity contribution in [2.45, 2.75) is 19.4 Å². The molecule has 1 heterocycles. The highest BCUT2D eigenvalue weighted by atomic mass is 35.5. The summed E-state index contributed by atoms with van der Waals surface area (Å²) in [5.74, 6) is 0.513. The molecule has 0 fully saturated rings. The zero-order valence-corrected chi connectivity index (χ0v) is 12.7. The van der Waals surface area contributed by atoms with Crippen molar-refractivity contribution < 1.29 is 9.53 Å². The van der Waals surface area contributed by atoms with Gasteiger partial charge in [0.05, 0.1) is 0 Å². The fourth-order valence-electron chi connectivity index (χ4n) is 1.78. The summed E-state index contributed by atoms with van der Waals surface area (Å²) in [5.41, 5.74) is 0. The van der Waals surface area contributed by atoms with Gasteiger partial charge in [0.1, 0.15) is 5.75 Å². The molecule has 0 radical (unpaired) electrons. The lowest BCUT2D eigenvalue weighted by molar-refractivity contribution is -0.123. The molecule has 0 saturated carbocycles. The molecule has 5 heteroatoms. The first-order chi connectivity index (χ1) is 9.63. The van der Waals surface area contributed by atoms with E-state index in [1.54, 1.807) is 35.6 Å². The molecule has 1 aromatic carbocycles. The van der Waals surface area contributed by atoms with Crippen molar-refractivity contribution in [2.24, 2.45) is 0 Å². The summed E-state index contributed by atoms with van der Waals surface area (Å²) in [5, 5.41) is 5.60. The van der Waals surface area contributed by atoms with Crippen molar-refractivity contribution in [3.05, 3.63) is 51.7 Å². The Morgan fingerprint density at radius 3 is 2.75 bits per heavy atom. The van der Waals surface area contributed by atoms with Gasteiger partial charge < -0.3 is 10.1 Å². The van der Waals surface area contributed by atoms with E-state index < -0.39 is 0 Å². The minimum absolute atomic E-state index is 0.0103. The van der Waals surface area contributed by atoms with E-state index in [1.165, 1.54) is 4.88 Å². The van der Waals surface area contributed by atoms with E-state index in [4.69, 9.17) is 16.3 Å². The van der Waals surface area contributed by atoms with Crippen LogP contribution in [0, 0.1) is 0 Å². The second kappa shape index (κ2) is 7.31. The van der Waals surface area contributed by atoms with Gasteiger partial charge in [-0.2, -0.15) is 0 Å². The molecule has 3 nitrogen and oxygen atoms in total. The predicted molar refractivity (Wildman–Crippen MR) is 82.6 cm³/mol. The van der Waals surface area contributed by atoms with Crippen molar-refractivity contribution in [1.82, 2.24) is 5.32 Å². The maximum Gasteiger partial charge on any atom is 0.258 e. The largest absolute Gasteiger partial charge is 0.484 e. The van der Waals surface area contributed by atoms with Crippen molar-refractivity contribution in [3.8, 4) is 5.75 Å². The first-order valence-corrected chi connectivity index (χ1v) is 7.59. The van der Waals surface area contributed by atoms with Crippen LogP contribution in [0.3, 0.4) is 0 Å². The molecule has 20 heavy (non-hydrogen) atoms. The highest BCUT2D eigenvalue weighted by Crippen LogP contribution is 2.15. The summed E-state index contributed by atoms with van der Waals surface area (Å²) in [4.78, 5) is 13.0. The van der Waals surface area contributed by atoms with Gasteiger partial charge in [0.15, 0.2) is 6.61 Å². The standard InChI is InChI=1S/C15H16ClNO2S/c1-11(9-14-3-2-8-20-14)17-15(18)10-19-13-6-4-12(16)5-7-13/h2-8,11H,9-10H2,1H3,(H,17,18)/t11-/m0/s1. The van der Waals surface area contributed by atoms with Gasteiger partial charge in [0, 0.05) is 22.4 Å². The zero-order chi connectivity index (χ0) is 14.4. The summed E-state index contributed by atoms with van der Waals surface area (Å²) in [6.45, 7) is 2.00. The van der Waals surface area contributed by atoms with E-state index in [9.17, 15) is 4.79 Å². The average Bonchev–Trinajstić information content (AvgIpc) is 2.90. The van der Waals surface area contributed by atoms with Crippen LogP contribution in [0.2, 0.25) is 5.02 Å². The first kappa shape index (κ1) is 14.9. The van der Waals surface area contributed by atoms with Crippen LogP contribution in [0.15, 0.2) is 41.8 Å². The molecule has 2 aromatic rings. The van der Waals surface area contributed by atoms with E-state index in [0.29, 0.717) is 10.8 Å². The van der Waals surface area contributed by atoms with Gasteiger partial charge in [0.2, 0.25) is 0 Å². The number of carbonyl (C=O) groups is 1. The first-order valence-electron chi connectivity index (χ1n) is 6.33. The number of benzene rings is 1. The number of hydrogen-bond acceptors (Lipinski definition) is 3. The Labute approximate surface area is 127 Å². The second-order valence-corrected chi connectivity index (χ2v) is 5.96. The third-order valence-corrected chi connectivity index (χ3v) is 3.83. The summed E-state index contributed by atoms with van der Waals surface area (Å²) in [6.07, 6.45) is 0.838. The smallest absolute Gasteiger partial charge is 0.258 e. The van der Waals surface area contributed by atoms with Crippen LogP contribution in [0.25, 0.3) is 0 Å². The summed E-state index contributed by atoms with van der Waals surface area (Å²) < 4.78 is 5.39. The van der Waals surface area contributed by atoms with Crippen LogP contribution >= 0.6 is 22.9 Å². The predicted octanol–water partition coefficient (Wildman–Crippen LogP) is 3.53. The number of halogens is 1. The van der Waals surface area contributed by atoms with E-state index in [0.717, 1.165) is 6.42 Å². The van der Waals surface area contributed by atoms with Crippen LogP contribution in [-0.2, 0) is 11.2 Å². The Kier molecular flexibility index (Phi) is 5.44. The van der Waals surface area contributed by atoms with Gasteiger partial charge in [-0.3, -0.25) is 4.79 Å². The Morgan fingerprint density at radius 1 is 1.35 bits per heavy atom. The maximum atomic E-state index is 11.8. The topological polar surface area (TPSA) is 38.3 Å². The van der Waals surface area contributed by atoms with Crippen molar-refractivity contribution in [1.29, 1.82) is 0 Å². The lowest BCUT2D eigenvalue weighted by Crippen LogP contribution is -2.37. The molecule has 1 amide bonds. The van der Waals surface area contributed by atoms with Crippen LogP contribution in [0.4, 0.5) is 0 Å². The number of rotatable bonds is 6. The highest BCUT2D eigenvalue weighted by Gasteiger charge is 2.09. The monoisotopic (exact) mass is 309 g/mol. The molecule has 0 saturated heterocycles. The quantitative estimate of drug-likeness (QED) is 0.886. The van der Waals surface area contributed by atoms with E-state index in [-0.39, 0.29) is 18.6 Å².